The van der Waals surface area contributed by atoms with Crippen LogP contribution in [0.25, 0.3) is 32.3 Å². The van der Waals surface area contributed by atoms with Crippen LogP contribution >= 0.6 is 11.3 Å². The van der Waals surface area contributed by atoms with Crippen LogP contribution < -0.4 is 0 Å². The molecule has 3 aromatic carbocycles. The highest BCUT2D eigenvalue weighted by Gasteiger charge is 2.18. The Morgan fingerprint density at radius 2 is 1.32 bits per heavy atom. The molecular formula is C22H14O2S. The molecule has 0 aliphatic heterocycles. The minimum Gasteiger partial charge on any atom is -0.298 e. The first-order valence-electron chi connectivity index (χ1n) is 7.93. The van der Waals surface area contributed by atoms with E-state index in [1.807, 2.05) is 60.7 Å². The third kappa shape index (κ3) is 2.59. The maximum atomic E-state index is 11.7. The molecule has 0 fully saturated rings. The molecule has 0 amide bonds. The highest BCUT2D eigenvalue weighted by molar-refractivity contribution is 7.18. The topological polar surface area (TPSA) is 34.1 Å². The molecule has 0 aliphatic rings. The first-order valence-corrected chi connectivity index (χ1v) is 8.81. The van der Waals surface area contributed by atoms with Gasteiger partial charge in [-0.2, -0.15) is 0 Å². The summed E-state index contributed by atoms with van der Waals surface area (Å²) in [5.74, 6) is 0. The lowest BCUT2D eigenvalue weighted by molar-refractivity contribution is 0.112. The lowest BCUT2D eigenvalue weighted by Gasteiger charge is -2.10. The van der Waals surface area contributed by atoms with Gasteiger partial charge in [-0.05, 0) is 22.6 Å². The largest absolute Gasteiger partial charge is 0.298 e. The smallest absolute Gasteiger partial charge is 0.150 e. The second kappa shape index (κ2) is 6.46. The van der Waals surface area contributed by atoms with Crippen molar-refractivity contribution in [2.45, 2.75) is 0 Å². The molecule has 0 atom stereocenters. The highest BCUT2D eigenvalue weighted by atomic mass is 32.1. The average molecular weight is 342 g/mol. The third-order valence-corrected chi connectivity index (χ3v) is 5.31. The van der Waals surface area contributed by atoms with Crippen LogP contribution in [0.4, 0.5) is 0 Å². The zero-order valence-corrected chi connectivity index (χ0v) is 14.1. The van der Waals surface area contributed by atoms with Gasteiger partial charge in [-0.3, -0.25) is 9.59 Å². The van der Waals surface area contributed by atoms with Crippen molar-refractivity contribution in [2.75, 3.05) is 0 Å². The molecule has 120 valence electrons. The number of thiophene rings is 1. The monoisotopic (exact) mass is 342 g/mol. The van der Waals surface area contributed by atoms with Crippen molar-refractivity contribution < 1.29 is 9.59 Å². The van der Waals surface area contributed by atoms with E-state index in [0.717, 1.165) is 44.9 Å². The van der Waals surface area contributed by atoms with Crippen molar-refractivity contribution in [3.63, 3.8) is 0 Å². The van der Waals surface area contributed by atoms with Gasteiger partial charge in [0.15, 0.2) is 12.6 Å². The van der Waals surface area contributed by atoms with E-state index in [9.17, 15) is 9.59 Å². The van der Waals surface area contributed by atoms with Crippen LogP contribution in [0.1, 0.15) is 20.7 Å². The number of carbonyl (C=O) groups excluding carboxylic acids is 2. The first-order chi connectivity index (χ1) is 12.3. The number of fused-ring (bicyclic) bond motifs is 1. The van der Waals surface area contributed by atoms with E-state index in [1.165, 1.54) is 0 Å². The molecule has 1 heterocycles. The number of aldehydes is 2. The van der Waals surface area contributed by atoms with Gasteiger partial charge < -0.3 is 0 Å². The molecule has 0 spiro atoms. The summed E-state index contributed by atoms with van der Waals surface area (Å²) in [7, 11) is 0. The van der Waals surface area contributed by atoms with E-state index in [1.54, 1.807) is 17.4 Å². The molecule has 0 N–H and O–H groups in total. The van der Waals surface area contributed by atoms with Crippen LogP contribution in [-0.2, 0) is 0 Å². The van der Waals surface area contributed by atoms with E-state index in [0.29, 0.717) is 11.1 Å². The number of carbonyl (C=O) groups is 2. The SMILES string of the molecule is O=Cc1cc(C=O)c2c(-c3ccccc3)csc2c1-c1ccccc1. The van der Waals surface area contributed by atoms with Gasteiger partial charge in [-0.25, -0.2) is 0 Å². The van der Waals surface area contributed by atoms with E-state index in [-0.39, 0.29) is 0 Å². The highest BCUT2D eigenvalue weighted by Crippen LogP contribution is 2.42. The van der Waals surface area contributed by atoms with Crippen molar-refractivity contribution in [1.29, 1.82) is 0 Å². The molecule has 1 aromatic heterocycles. The molecule has 0 unspecified atom stereocenters. The molecule has 0 radical (unpaired) electrons. The summed E-state index contributed by atoms with van der Waals surface area (Å²) in [5.41, 5.74) is 5.06. The van der Waals surface area contributed by atoms with Crippen LogP contribution in [0, 0.1) is 0 Å². The third-order valence-electron chi connectivity index (χ3n) is 4.31. The molecule has 0 saturated heterocycles. The number of benzene rings is 3. The van der Waals surface area contributed by atoms with Crippen LogP contribution in [0.3, 0.4) is 0 Å². The minimum absolute atomic E-state index is 0.544. The molecule has 25 heavy (non-hydrogen) atoms. The fraction of sp³-hybridized carbons (Fsp3) is 0. The van der Waals surface area contributed by atoms with E-state index in [2.05, 4.69) is 5.38 Å². The van der Waals surface area contributed by atoms with Crippen molar-refractivity contribution >= 4 is 34.0 Å². The van der Waals surface area contributed by atoms with Crippen LogP contribution in [0.15, 0.2) is 72.1 Å². The molecule has 2 nitrogen and oxygen atoms in total. The molecular weight excluding hydrogens is 328 g/mol. The number of rotatable bonds is 4. The van der Waals surface area contributed by atoms with Crippen LogP contribution in [0.2, 0.25) is 0 Å². The van der Waals surface area contributed by atoms with Gasteiger partial charge in [0.25, 0.3) is 0 Å². The number of hydrogen-bond acceptors (Lipinski definition) is 3. The van der Waals surface area contributed by atoms with Gasteiger partial charge in [0, 0.05) is 32.3 Å². The van der Waals surface area contributed by atoms with Gasteiger partial charge in [-0.15, -0.1) is 11.3 Å². The quantitative estimate of drug-likeness (QED) is 0.435. The zero-order valence-electron chi connectivity index (χ0n) is 13.3. The van der Waals surface area contributed by atoms with Crippen molar-refractivity contribution in [2.24, 2.45) is 0 Å². The Balaban J connectivity index is 2.11. The van der Waals surface area contributed by atoms with Crippen LogP contribution in [-0.4, -0.2) is 12.6 Å². The maximum Gasteiger partial charge on any atom is 0.150 e. The maximum absolute atomic E-state index is 11.7. The molecule has 0 saturated carbocycles. The Bertz CT molecular complexity index is 1060. The summed E-state index contributed by atoms with van der Waals surface area (Å²) in [4.78, 5) is 23.4. The van der Waals surface area contributed by atoms with Crippen molar-refractivity contribution in [3.8, 4) is 22.3 Å². The summed E-state index contributed by atoms with van der Waals surface area (Å²) in [6.45, 7) is 0. The van der Waals surface area contributed by atoms with E-state index < -0.39 is 0 Å². The second-order valence-electron chi connectivity index (χ2n) is 5.75. The summed E-state index contributed by atoms with van der Waals surface area (Å²) in [6.07, 6.45) is 1.67. The van der Waals surface area contributed by atoms with Crippen molar-refractivity contribution in [3.05, 3.63) is 83.2 Å². The predicted octanol–water partition coefficient (Wildman–Crippen LogP) is 5.86. The normalized spacial score (nSPS) is 10.7. The molecule has 0 aliphatic carbocycles. The Labute approximate surface area is 149 Å². The van der Waals surface area contributed by atoms with E-state index in [4.69, 9.17) is 0 Å². The fourth-order valence-corrected chi connectivity index (χ4v) is 4.38. The fourth-order valence-electron chi connectivity index (χ4n) is 3.19. The van der Waals surface area contributed by atoms with Crippen LogP contribution in [0.5, 0.6) is 0 Å². The first kappa shape index (κ1) is 15.5. The summed E-state index contributed by atoms with van der Waals surface area (Å²) in [5, 5.41) is 2.98. The minimum atomic E-state index is 0.544. The average Bonchev–Trinajstić information content (AvgIpc) is 3.13. The molecule has 0 bridgehead atoms. The standard InChI is InChI=1S/C22H14O2S/c23-12-17-11-18(13-24)21-19(15-7-3-1-4-8-15)14-25-22(21)20(17)16-9-5-2-6-10-16/h1-14H. The number of hydrogen-bond donors (Lipinski definition) is 0. The lowest BCUT2D eigenvalue weighted by Crippen LogP contribution is -1.93. The molecule has 4 rings (SSSR count). The summed E-state index contributed by atoms with van der Waals surface area (Å²) in [6, 6.07) is 21.5. The van der Waals surface area contributed by atoms with Gasteiger partial charge in [0.2, 0.25) is 0 Å². The summed E-state index contributed by atoms with van der Waals surface area (Å²) >= 11 is 1.57. The molecule has 4 aromatic rings. The van der Waals surface area contributed by atoms with Gasteiger partial charge in [-0.1, -0.05) is 60.7 Å². The lowest BCUT2D eigenvalue weighted by atomic mass is 9.93. The van der Waals surface area contributed by atoms with Crippen molar-refractivity contribution in [1.82, 2.24) is 0 Å². The van der Waals surface area contributed by atoms with Gasteiger partial charge in [0.05, 0.1) is 0 Å². The van der Waals surface area contributed by atoms with E-state index >= 15 is 0 Å². The zero-order chi connectivity index (χ0) is 17.2. The van der Waals surface area contributed by atoms with Gasteiger partial charge >= 0.3 is 0 Å². The molecule has 3 heteroatoms. The second-order valence-corrected chi connectivity index (χ2v) is 6.63. The Morgan fingerprint density at radius 3 is 1.92 bits per heavy atom. The van der Waals surface area contributed by atoms with Gasteiger partial charge in [0.1, 0.15) is 0 Å². The summed E-state index contributed by atoms with van der Waals surface area (Å²) < 4.78 is 0.969. The predicted molar refractivity (Wildman–Crippen MR) is 103 cm³/mol. The Hall–Kier alpha value is -3.04. The Morgan fingerprint density at radius 1 is 0.720 bits per heavy atom. The Kier molecular flexibility index (Phi) is 4.00.